The molecule has 0 aliphatic heterocycles. The Morgan fingerprint density at radius 1 is 1.15 bits per heavy atom. The highest BCUT2D eigenvalue weighted by molar-refractivity contribution is 7.13. The Bertz CT molecular complexity index is 732. The van der Waals surface area contributed by atoms with E-state index in [1.165, 1.54) is 11.1 Å². The van der Waals surface area contributed by atoms with Crippen molar-refractivity contribution in [3.05, 3.63) is 52.7 Å². The molecule has 0 amide bonds. The van der Waals surface area contributed by atoms with Crippen LogP contribution in [0.25, 0.3) is 16.4 Å². The molecule has 2 aromatic heterocycles. The zero-order valence-electron chi connectivity index (χ0n) is 11.3. The van der Waals surface area contributed by atoms with Gasteiger partial charge in [0.15, 0.2) is 11.6 Å². The van der Waals surface area contributed by atoms with E-state index in [0.717, 1.165) is 22.2 Å². The maximum absolute atomic E-state index is 6.01. The molecule has 0 N–H and O–H groups in total. The van der Waals surface area contributed by atoms with Crippen LogP contribution < -0.4 is 0 Å². The van der Waals surface area contributed by atoms with Crippen LogP contribution in [-0.4, -0.2) is 14.8 Å². The number of benzene rings is 1. The van der Waals surface area contributed by atoms with Crippen molar-refractivity contribution >= 4 is 22.9 Å². The zero-order chi connectivity index (χ0) is 14.1. The van der Waals surface area contributed by atoms with E-state index < -0.39 is 0 Å². The lowest BCUT2D eigenvalue weighted by molar-refractivity contribution is 0.951. The van der Waals surface area contributed by atoms with Gasteiger partial charge in [-0.25, -0.2) is 0 Å². The second-order valence-electron chi connectivity index (χ2n) is 4.65. The van der Waals surface area contributed by atoms with Gasteiger partial charge in [0.2, 0.25) is 0 Å². The average molecular weight is 304 g/mol. The third-order valence-corrected chi connectivity index (χ3v) is 4.44. The van der Waals surface area contributed by atoms with E-state index in [1.807, 2.05) is 22.1 Å². The van der Waals surface area contributed by atoms with Crippen molar-refractivity contribution in [2.75, 3.05) is 0 Å². The molecule has 0 aliphatic carbocycles. The molecule has 2 heterocycles. The quantitative estimate of drug-likeness (QED) is 0.673. The van der Waals surface area contributed by atoms with E-state index in [0.29, 0.717) is 5.88 Å². The largest absolute Gasteiger partial charge is 0.277 e. The molecule has 102 valence electrons. The Morgan fingerprint density at radius 3 is 2.65 bits per heavy atom. The molecule has 0 saturated heterocycles. The molecule has 0 unspecified atom stereocenters. The lowest BCUT2D eigenvalue weighted by Gasteiger charge is -2.10. The van der Waals surface area contributed by atoms with Crippen molar-refractivity contribution < 1.29 is 0 Å². The standard InChI is InChI=1S/C15H14ClN3S/c1-10-5-6-12(8-11(10)2)19-14(9-16)17-18-15(19)13-4-3-7-20-13/h3-8H,9H2,1-2H3. The first-order valence-corrected chi connectivity index (χ1v) is 7.74. The van der Waals surface area contributed by atoms with Gasteiger partial charge in [0.05, 0.1) is 10.8 Å². The Balaban J connectivity index is 2.21. The molecule has 20 heavy (non-hydrogen) atoms. The van der Waals surface area contributed by atoms with Crippen LogP contribution in [-0.2, 0) is 5.88 Å². The fraction of sp³-hybridized carbons (Fsp3) is 0.200. The molecule has 0 aliphatic rings. The first kappa shape index (κ1) is 13.3. The predicted octanol–water partition coefficient (Wildman–Crippen LogP) is 4.35. The molecule has 5 heteroatoms. The van der Waals surface area contributed by atoms with Gasteiger partial charge in [-0.15, -0.1) is 33.1 Å². The summed E-state index contributed by atoms with van der Waals surface area (Å²) in [5.41, 5.74) is 3.57. The summed E-state index contributed by atoms with van der Waals surface area (Å²) in [6.45, 7) is 4.21. The third kappa shape index (κ3) is 2.25. The summed E-state index contributed by atoms with van der Waals surface area (Å²) in [6.07, 6.45) is 0. The van der Waals surface area contributed by atoms with Crippen molar-refractivity contribution in [3.8, 4) is 16.4 Å². The van der Waals surface area contributed by atoms with Crippen LogP contribution in [0.2, 0.25) is 0 Å². The van der Waals surface area contributed by atoms with E-state index in [1.54, 1.807) is 11.3 Å². The molecule has 0 saturated carbocycles. The minimum Gasteiger partial charge on any atom is -0.277 e. The number of nitrogens with zero attached hydrogens (tertiary/aromatic N) is 3. The van der Waals surface area contributed by atoms with Crippen molar-refractivity contribution in [1.82, 2.24) is 14.8 Å². The summed E-state index contributed by atoms with van der Waals surface area (Å²) >= 11 is 7.66. The van der Waals surface area contributed by atoms with Crippen LogP contribution in [0.15, 0.2) is 35.7 Å². The lowest BCUT2D eigenvalue weighted by Crippen LogP contribution is -2.02. The maximum Gasteiger partial charge on any atom is 0.178 e. The van der Waals surface area contributed by atoms with E-state index >= 15 is 0 Å². The van der Waals surface area contributed by atoms with Crippen molar-refractivity contribution in [1.29, 1.82) is 0 Å². The van der Waals surface area contributed by atoms with E-state index in [2.05, 4.69) is 42.2 Å². The van der Waals surface area contributed by atoms with Crippen LogP contribution >= 0.6 is 22.9 Å². The number of hydrogen-bond donors (Lipinski definition) is 0. The lowest BCUT2D eigenvalue weighted by atomic mass is 10.1. The third-order valence-electron chi connectivity index (χ3n) is 3.34. The molecule has 1 aromatic carbocycles. The van der Waals surface area contributed by atoms with Crippen LogP contribution in [0.3, 0.4) is 0 Å². The van der Waals surface area contributed by atoms with Crippen LogP contribution in [0.5, 0.6) is 0 Å². The van der Waals surface area contributed by atoms with E-state index in [-0.39, 0.29) is 0 Å². The van der Waals surface area contributed by atoms with Crippen LogP contribution in [0, 0.1) is 13.8 Å². The smallest absolute Gasteiger partial charge is 0.178 e. The van der Waals surface area contributed by atoms with E-state index in [4.69, 9.17) is 11.6 Å². The highest BCUT2D eigenvalue weighted by atomic mass is 35.5. The van der Waals surface area contributed by atoms with Crippen molar-refractivity contribution in [3.63, 3.8) is 0 Å². The highest BCUT2D eigenvalue weighted by Gasteiger charge is 2.15. The minimum atomic E-state index is 0.339. The molecule has 3 rings (SSSR count). The summed E-state index contributed by atoms with van der Waals surface area (Å²) in [7, 11) is 0. The van der Waals surface area contributed by atoms with E-state index in [9.17, 15) is 0 Å². The fourth-order valence-electron chi connectivity index (χ4n) is 2.10. The molecule has 0 atom stereocenters. The summed E-state index contributed by atoms with van der Waals surface area (Å²) in [5.74, 6) is 1.95. The van der Waals surface area contributed by atoms with Gasteiger partial charge in [-0.1, -0.05) is 12.1 Å². The number of alkyl halides is 1. The maximum atomic E-state index is 6.01. The average Bonchev–Trinajstić information content (AvgIpc) is 3.09. The predicted molar refractivity (Wildman–Crippen MR) is 83.7 cm³/mol. The Kier molecular flexibility index (Phi) is 3.59. The number of halogens is 1. The van der Waals surface area contributed by atoms with Gasteiger partial charge in [-0.05, 0) is 48.6 Å². The summed E-state index contributed by atoms with van der Waals surface area (Å²) in [4.78, 5) is 1.09. The molecular weight excluding hydrogens is 290 g/mol. The number of aromatic nitrogens is 3. The topological polar surface area (TPSA) is 30.7 Å². The highest BCUT2D eigenvalue weighted by Crippen LogP contribution is 2.27. The first-order chi connectivity index (χ1) is 9.70. The van der Waals surface area contributed by atoms with Gasteiger partial charge in [-0.2, -0.15) is 0 Å². The number of thiophene rings is 1. The van der Waals surface area contributed by atoms with Crippen LogP contribution in [0.4, 0.5) is 0 Å². The van der Waals surface area contributed by atoms with Crippen molar-refractivity contribution in [2.45, 2.75) is 19.7 Å². The SMILES string of the molecule is Cc1ccc(-n2c(CCl)nnc2-c2cccs2)cc1C. The van der Waals surface area contributed by atoms with Gasteiger partial charge in [0, 0.05) is 5.69 Å². The fourth-order valence-corrected chi connectivity index (χ4v) is 2.98. The number of rotatable bonds is 3. The summed E-state index contributed by atoms with van der Waals surface area (Å²) in [5, 5.41) is 10.5. The van der Waals surface area contributed by atoms with Gasteiger partial charge in [0.1, 0.15) is 0 Å². The van der Waals surface area contributed by atoms with Gasteiger partial charge < -0.3 is 0 Å². The zero-order valence-corrected chi connectivity index (χ0v) is 12.9. The van der Waals surface area contributed by atoms with Gasteiger partial charge in [-0.3, -0.25) is 4.57 Å². The Labute approximate surface area is 126 Å². The minimum absolute atomic E-state index is 0.339. The van der Waals surface area contributed by atoms with Crippen molar-refractivity contribution in [2.24, 2.45) is 0 Å². The number of aryl methyl sites for hydroxylation is 2. The molecule has 3 aromatic rings. The summed E-state index contributed by atoms with van der Waals surface area (Å²) in [6, 6.07) is 10.4. The Morgan fingerprint density at radius 2 is 2.00 bits per heavy atom. The normalized spacial score (nSPS) is 10.9. The van der Waals surface area contributed by atoms with Crippen LogP contribution in [0.1, 0.15) is 17.0 Å². The second kappa shape index (κ2) is 5.38. The molecule has 3 nitrogen and oxygen atoms in total. The van der Waals surface area contributed by atoms with Gasteiger partial charge >= 0.3 is 0 Å². The second-order valence-corrected chi connectivity index (χ2v) is 5.87. The Hall–Kier alpha value is -1.65. The molecular formula is C15H14ClN3S. The molecule has 0 spiro atoms. The molecule has 0 fully saturated rings. The first-order valence-electron chi connectivity index (χ1n) is 6.32. The summed E-state index contributed by atoms with van der Waals surface area (Å²) < 4.78 is 2.03. The molecule has 0 bridgehead atoms. The number of hydrogen-bond acceptors (Lipinski definition) is 3. The molecule has 0 radical (unpaired) electrons. The monoisotopic (exact) mass is 303 g/mol. The van der Waals surface area contributed by atoms with Gasteiger partial charge in [0.25, 0.3) is 0 Å².